The van der Waals surface area contributed by atoms with Crippen molar-refractivity contribution in [1.82, 2.24) is 0 Å². The van der Waals surface area contributed by atoms with Gasteiger partial charge in [-0.05, 0) is 11.6 Å². The van der Waals surface area contributed by atoms with Crippen LogP contribution in [0.25, 0.3) is 0 Å². The van der Waals surface area contributed by atoms with E-state index in [9.17, 15) is 0 Å². The van der Waals surface area contributed by atoms with Crippen molar-refractivity contribution < 1.29 is 0 Å². The Labute approximate surface area is 82.7 Å². The Morgan fingerprint density at radius 1 is 1.00 bits per heavy atom. The van der Waals surface area contributed by atoms with Crippen LogP contribution in [0.4, 0.5) is 5.69 Å². The van der Waals surface area contributed by atoms with Gasteiger partial charge in [0.1, 0.15) is 0 Å². The van der Waals surface area contributed by atoms with Crippen LogP contribution in [0.1, 0.15) is 11.5 Å². The molecule has 2 unspecified atom stereocenters. The molecule has 0 radical (unpaired) electrons. The van der Waals surface area contributed by atoms with Crippen molar-refractivity contribution in [1.29, 1.82) is 0 Å². The molecular weight excluding hydrogens is 172 g/mol. The molecule has 2 nitrogen and oxygen atoms in total. The first kappa shape index (κ1) is 7.68. The van der Waals surface area contributed by atoms with Crippen molar-refractivity contribution >= 4 is 5.69 Å². The van der Waals surface area contributed by atoms with Gasteiger partial charge in [-0.3, -0.25) is 0 Å². The van der Waals surface area contributed by atoms with Crippen molar-refractivity contribution in [2.24, 2.45) is 10.2 Å². The summed E-state index contributed by atoms with van der Waals surface area (Å²) in [6.07, 6.45) is 8.42. The predicted octanol–water partition coefficient (Wildman–Crippen LogP) is 3.36. The first-order valence-electron chi connectivity index (χ1n) is 4.80. The minimum absolute atomic E-state index is 0.204. The van der Waals surface area contributed by atoms with Crippen LogP contribution >= 0.6 is 0 Å². The second-order valence-corrected chi connectivity index (χ2v) is 3.56. The molecule has 0 saturated heterocycles. The Balaban J connectivity index is 2.15. The molecule has 68 valence electrons. The molecule has 1 aliphatic heterocycles. The Morgan fingerprint density at radius 2 is 1.86 bits per heavy atom. The molecule has 0 N–H and O–H groups in total. The van der Waals surface area contributed by atoms with Gasteiger partial charge in [-0.1, -0.05) is 42.5 Å². The van der Waals surface area contributed by atoms with Gasteiger partial charge in [0, 0.05) is 5.92 Å². The highest BCUT2D eigenvalue weighted by Gasteiger charge is 2.25. The summed E-state index contributed by atoms with van der Waals surface area (Å²) in [5.74, 6) is 0.383. The molecule has 3 rings (SSSR count). The van der Waals surface area contributed by atoms with Gasteiger partial charge in [-0.2, -0.15) is 10.2 Å². The second kappa shape index (κ2) is 2.91. The summed E-state index contributed by atoms with van der Waals surface area (Å²) in [6.45, 7) is 0. The molecular formula is C12H10N2. The zero-order valence-corrected chi connectivity index (χ0v) is 7.67. The minimum atomic E-state index is 0.204. The summed E-state index contributed by atoms with van der Waals surface area (Å²) < 4.78 is 0. The lowest BCUT2D eigenvalue weighted by Gasteiger charge is -2.24. The topological polar surface area (TPSA) is 24.7 Å². The quantitative estimate of drug-likeness (QED) is 0.587. The number of rotatable bonds is 0. The largest absolute Gasteiger partial charge is 0.180 e. The number of allylic oxidation sites excluding steroid dienone is 2. The van der Waals surface area contributed by atoms with Crippen LogP contribution in [0.2, 0.25) is 0 Å². The first-order chi connectivity index (χ1) is 6.95. The molecule has 2 heteroatoms. The van der Waals surface area contributed by atoms with E-state index in [1.54, 1.807) is 0 Å². The minimum Gasteiger partial charge on any atom is -0.180 e. The van der Waals surface area contributed by atoms with Crippen LogP contribution in [0.15, 0.2) is 58.8 Å². The standard InChI is InChI=1S/C12H10N2/c1-3-7-11-9(5-1)10-6-2-4-8-12(10)14-13-11/h1-9,11H. The van der Waals surface area contributed by atoms with Gasteiger partial charge in [0.2, 0.25) is 0 Å². The molecule has 1 aliphatic carbocycles. The Hall–Kier alpha value is -1.70. The maximum Gasteiger partial charge on any atom is 0.1000 e. The number of fused-ring (bicyclic) bond motifs is 3. The van der Waals surface area contributed by atoms with Crippen molar-refractivity contribution in [3.63, 3.8) is 0 Å². The number of hydrogen-bond donors (Lipinski definition) is 0. The third-order valence-corrected chi connectivity index (χ3v) is 2.70. The van der Waals surface area contributed by atoms with Crippen LogP contribution in [-0.2, 0) is 0 Å². The normalized spacial score (nSPS) is 27.1. The fraction of sp³-hybridized carbons (Fsp3) is 0.167. The van der Waals surface area contributed by atoms with Crippen LogP contribution in [0.5, 0.6) is 0 Å². The van der Waals surface area contributed by atoms with Crippen LogP contribution in [0, 0.1) is 0 Å². The van der Waals surface area contributed by atoms with Crippen LogP contribution in [0.3, 0.4) is 0 Å². The summed E-state index contributed by atoms with van der Waals surface area (Å²) >= 11 is 0. The van der Waals surface area contributed by atoms with Gasteiger partial charge in [0.25, 0.3) is 0 Å². The number of benzene rings is 1. The van der Waals surface area contributed by atoms with Gasteiger partial charge in [0.15, 0.2) is 0 Å². The molecule has 2 aliphatic rings. The molecule has 0 saturated carbocycles. The van der Waals surface area contributed by atoms with Gasteiger partial charge < -0.3 is 0 Å². The molecule has 0 bridgehead atoms. The van der Waals surface area contributed by atoms with E-state index < -0.39 is 0 Å². The third-order valence-electron chi connectivity index (χ3n) is 2.70. The Bertz CT molecular complexity index is 443. The Morgan fingerprint density at radius 3 is 2.86 bits per heavy atom. The SMILES string of the molecule is C1=CC2N=Nc3ccccc3C2C=C1. The smallest absolute Gasteiger partial charge is 0.1000 e. The summed E-state index contributed by atoms with van der Waals surface area (Å²) in [5, 5.41) is 8.50. The van der Waals surface area contributed by atoms with E-state index in [2.05, 4.69) is 40.6 Å². The molecule has 2 atom stereocenters. The maximum absolute atomic E-state index is 4.28. The maximum atomic E-state index is 4.28. The van der Waals surface area contributed by atoms with Crippen LogP contribution in [-0.4, -0.2) is 6.04 Å². The predicted molar refractivity (Wildman–Crippen MR) is 55.8 cm³/mol. The highest BCUT2D eigenvalue weighted by molar-refractivity contribution is 5.52. The fourth-order valence-electron chi connectivity index (χ4n) is 1.98. The lowest BCUT2D eigenvalue weighted by atomic mass is 9.87. The van der Waals surface area contributed by atoms with Gasteiger partial charge in [-0.25, -0.2) is 0 Å². The number of hydrogen-bond acceptors (Lipinski definition) is 2. The average molecular weight is 182 g/mol. The van der Waals surface area contributed by atoms with E-state index in [0.717, 1.165) is 5.69 Å². The van der Waals surface area contributed by atoms with Gasteiger partial charge in [0.05, 0.1) is 11.7 Å². The zero-order valence-electron chi connectivity index (χ0n) is 7.67. The van der Waals surface area contributed by atoms with Crippen molar-refractivity contribution in [2.75, 3.05) is 0 Å². The Kier molecular flexibility index (Phi) is 1.60. The molecule has 1 aromatic rings. The highest BCUT2D eigenvalue weighted by atomic mass is 15.1. The van der Waals surface area contributed by atoms with E-state index in [1.807, 2.05) is 18.2 Å². The number of azo groups is 1. The molecule has 0 spiro atoms. The monoisotopic (exact) mass is 182 g/mol. The molecule has 14 heavy (non-hydrogen) atoms. The molecule has 0 fully saturated rings. The summed E-state index contributed by atoms with van der Waals surface area (Å²) in [5.41, 5.74) is 2.29. The van der Waals surface area contributed by atoms with E-state index >= 15 is 0 Å². The van der Waals surface area contributed by atoms with Crippen molar-refractivity contribution in [2.45, 2.75) is 12.0 Å². The summed E-state index contributed by atoms with van der Waals surface area (Å²) in [7, 11) is 0. The van der Waals surface area contributed by atoms with Crippen molar-refractivity contribution in [3.8, 4) is 0 Å². The first-order valence-corrected chi connectivity index (χ1v) is 4.80. The van der Waals surface area contributed by atoms with E-state index in [1.165, 1.54) is 5.56 Å². The lowest BCUT2D eigenvalue weighted by molar-refractivity contribution is 0.660. The average Bonchev–Trinajstić information content (AvgIpc) is 2.29. The third kappa shape index (κ3) is 1.04. The zero-order chi connectivity index (χ0) is 9.38. The van der Waals surface area contributed by atoms with E-state index in [0.29, 0.717) is 5.92 Å². The lowest BCUT2D eigenvalue weighted by Crippen LogP contribution is -2.16. The number of nitrogens with zero attached hydrogens (tertiary/aromatic N) is 2. The molecule has 0 amide bonds. The van der Waals surface area contributed by atoms with Gasteiger partial charge in [-0.15, -0.1) is 0 Å². The van der Waals surface area contributed by atoms with E-state index in [4.69, 9.17) is 0 Å². The van der Waals surface area contributed by atoms with E-state index in [-0.39, 0.29) is 6.04 Å². The molecule has 1 heterocycles. The van der Waals surface area contributed by atoms with Gasteiger partial charge >= 0.3 is 0 Å². The van der Waals surface area contributed by atoms with Crippen LogP contribution < -0.4 is 0 Å². The summed E-state index contributed by atoms with van der Waals surface area (Å²) in [4.78, 5) is 0. The summed E-state index contributed by atoms with van der Waals surface area (Å²) in [6, 6.07) is 8.41. The molecule has 0 aromatic heterocycles. The molecule has 1 aromatic carbocycles. The highest BCUT2D eigenvalue weighted by Crippen LogP contribution is 2.37. The second-order valence-electron chi connectivity index (χ2n) is 3.56. The van der Waals surface area contributed by atoms with Crippen molar-refractivity contribution in [3.05, 3.63) is 54.1 Å². The fourth-order valence-corrected chi connectivity index (χ4v) is 1.98.